The van der Waals surface area contributed by atoms with Gasteiger partial charge in [-0.25, -0.2) is 4.39 Å². The third-order valence-corrected chi connectivity index (χ3v) is 5.64. The van der Waals surface area contributed by atoms with Crippen molar-refractivity contribution in [1.29, 1.82) is 0 Å². The predicted molar refractivity (Wildman–Crippen MR) is 101 cm³/mol. The van der Waals surface area contributed by atoms with E-state index in [1.54, 1.807) is 6.07 Å². The molecule has 1 aliphatic heterocycles. The van der Waals surface area contributed by atoms with Crippen LogP contribution in [0.2, 0.25) is 0 Å². The molecule has 0 aromatic heterocycles. The minimum Gasteiger partial charge on any atom is -0.396 e. The molecule has 1 aromatic rings. The number of hydrogen-bond donors (Lipinski definition) is 3. The van der Waals surface area contributed by atoms with E-state index in [1.807, 2.05) is 19.1 Å². The Morgan fingerprint density at radius 3 is 2.69 bits per heavy atom. The van der Waals surface area contributed by atoms with Crippen molar-refractivity contribution in [3.8, 4) is 0 Å². The molecule has 0 bridgehead atoms. The van der Waals surface area contributed by atoms with Crippen molar-refractivity contribution >= 4 is 5.96 Å². The minimum absolute atomic E-state index is 0.0695. The Morgan fingerprint density at radius 2 is 2.08 bits per heavy atom. The maximum atomic E-state index is 14.2. The van der Waals surface area contributed by atoms with Crippen LogP contribution in [0.15, 0.2) is 29.3 Å². The van der Waals surface area contributed by atoms with E-state index in [1.165, 1.54) is 6.07 Å². The van der Waals surface area contributed by atoms with Crippen LogP contribution in [0.5, 0.6) is 0 Å². The molecule has 1 saturated heterocycles. The largest absolute Gasteiger partial charge is 0.396 e. The summed E-state index contributed by atoms with van der Waals surface area (Å²) in [5, 5.41) is 16.0. The van der Waals surface area contributed by atoms with Gasteiger partial charge in [-0.15, -0.1) is 0 Å². The first-order valence-electron chi connectivity index (χ1n) is 9.59. The molecule has 1 aliphatic carbocycles. The van der Waals surface area contributed by atoms with Crippen molar-refractivity contribution in [2.45, 2.75) is 38.0 Å². The molecule has 1 unspecified atom stereocenters. The first-order valence-corrected chi connectivity index (χ1v) is 9.59. The van der Waals surface area contributed by atoms with Gasteiger partial charge in [0.2, 0.25) is 0 Å². The Kier molecular flexibility index (Phi) is 6.14. The van der Waals surface area contributed by atoms with Gasteiger partial charge < -0.3 is 20.5 Å². The Bertz CT molecular complexity index is 625. The number of guanidine groups is 1. The first-order chi connectivity index (χ1) is 12.6. The average Bonchev–Trinajstić information content (AvgIpc) is 3.29. The van der Waals surface area contributed by atoms with Gasteiger partial charge >= 0.3 is 0 Å². The van der Waals surface area contributed by atoms with Gasteiger partial charge in [-0.3, -0.25) is 4.99 Å². The Labute approximate surface area is 155 Å². The predicted octanol–water partition coefficient (Wildman–Crippen LogP) is 2.20. The molecule has 3 N–H and O–H groups in total. The Hall–Kier alpha value is -1.66. The second kappa shape index (κ2) is 8.35. The number of ether oxygens (including phenoxy) is 1. The Morgan fingerprint density at radius 1 is 1.27 bits per heavy atom. The zero-order valence-corrected chi connectivity index (χ0v) is 15.6. The summed E-state index contributed by atoms with van der Waals surface area (Å²) in [4.78, 5) is 4.74. The highest BCUT2D eigenvalue weighted by Crippen LogP contribution is 2.48. The molecule has 26 heavy (non-hydrogen) atoms. The molecule has 6 heteroatoms. The highest BCUT2D eigenvalue weighted by molar-refractivity contribution is 5.80. The van der Waals surface area contributed by atoms with E-state index in [2.05, 4.69) is 10.6 Å². The maximum Gasteiger partial charge on any atom is 0.191 e. The average molecular weight is 363 g/mol. The van der Waals surface area contributed by atoms with E-state index in [9.17, 15) is 9.50 Å². The number of benzene rings is 1. The molecule has 2 aliphatic rings. The van der Waals surface area contributed by atoms with Gasteiger partial charge in [-0.05, 0) is 44.2 Å². The van der Waals surface area contributed by atoms with Crippen molar-refractivity contribution in [2.24, 2.45) is 10.4 Å². The third kappa shape index (κ3) is 4.35. The van der Waals surface area contributed by atoms with E-state index in [0.717, 1.165) is 43.9 Å². The molecule has 5 nitrogen and oxygen atoms in total. The molecule has 1 aromatic carbocycles. The number of aliphatic hydroxyl groups is 1. The maximum absolute atomic E-state index is 14.2. The number of nitrogens with zero attached hydrogens (tertiary/aromatic N) is 1. The van der Waals surface area contributed by atoms with E-state index in [-0.39, 0.29) is 23.3 Å². The molecule has 0 radical (unpaired) electrons. The molecule has 1 saturated carbocycles. The number of aliphatic imine (C=N–C) groups is 1. The van der Waals surface area contributed by atoms with Gasteiger partial charge in [0.05, 0.1) is 13.2 Å². The molecular formula is C20H30FN3O2. The lowest BCUT2D eigenvalue weighted by Gasteiger charge is -2.25. The fourth-order valence-corrected chi connectivity index (χ4v) is 3.71. The van der Waals surface area contributed by atoms with Crippen LogP contribution in [0.3, 0.4) is 0 Å². The zero-order chi connectivity index (χ0) is 18.5. The van der Waals surface area contributed by atoms with Gasteiger partial charge in [0.1, 0.15) is 5.82 Å². The topological polar surface area (TPSA) is 65.9 Å². The van der Waals surface area contributed by atoms with Crippen molar-refractivity contribution in [3.05, 3.63) is 35.6 Å². The van der Waals surface area contributed by atoms with E-state index < -0.39 is 0 Å². The van der Waals surface area contributed by atoms with Crippen LogP contribution in [0, 0.1) is 11.2 Å². The van der Waals surface area contributed by atoms with Crippen LogP contribution < -0.4 is 10.6 Å². The minimum atomic E-state index is -0.126. The summed E-state index contributed by atoms with van der Waals surface area (Å²) < 4.78 is 19.7. The number of halogens is 1. The van der Waals surface area contributed by atoms with Crippen molar-refractivity contribution in [2.75, 3.05) is 39.5 Å². The number of nitrogens with one attached hydrogen (secondary N) is 2. The summed E-state index contributed by atoms with van der Waals surface area (Å²) in [6, 6.07) is 7.06. The first kappa shape index (κ1) is 19.1. The molecule has 2 fully saturated rings. The Balaban J connectivity index is 1.64. The van der Waals surface area contributed by atoms with Crippen LogP contribution in [-0.2, 0) is 10.2 Å². The molecule has 3 rings (SSSR count). The van der Waals surface area contributed by atoms with Crippen LogP contribution in [0.25, 0.3) is 0 Å². The van der Waals surface area contributed by atoms with Crippen molar-refractivity contribution in [3.63, 3.8) is 0 Å². The van der Waals surface area contributed by atoms with Crippen LogP contribution in [0.4, 0.5) is 4.39 Å². The highest BCUT2D eigenvalue weighted by atomic mass is 19.1. The standard InChI is InChI=1S/C20H30FN3O2/c1-2-22-18(23-13-19(9-11-25)10-12-26-15-19)24-14-20(7-8-20)16-5-3-4-6-17(16)21/h3-6,25H,2,7-15H2,1H3,(H2,22,23,24). The highest BCUT2D eigenvalue weighted by Gasteiger charge is 2.45. The second-order valence-corrected chi connectivity index (χ2v) is 7.59. The number of rotatable bonds is 8. The van der Waals surface area contributed by atoms with E-state index in [4.69, 9.17) is 9.73 Å². The summed E-state index contributed by atoms with van der Waals surface area (Å²) >= 11 is 0. The number of hydrogen-bond acceptors (Lipinski definition) is 3. The fourth-order valence-electron chi connectivity index (χ4n) is 3.71. The molecule has 1 atom stereocenters. The third-order valence-electron chi connectivity index (χ3n) is 5.64. The van der Waals surface area contributed by atoms with Gasteiger partial charge in [-0.1, -0.05) is 18.2 Å². The van der Waals surface area contributed by atoms with Crippen LogP contribution in [-0.4, -0.2) is 50.5 Å². The second-order valence-electron chi connectivity index (χ2n) is 7.59. The van der Waals surface area contributed by atoms with Gasteiger partial charge in [0.25, 0.3) is 0 Å². The summed E-state index contributed by atoms with van der Waals surface area (Å²) in [7, 11) is 0. The van der Waals surface area contributed by atoms with Gasteiger partial charge in [0.15, 0.2) is 5.96 Å². The molecule has 144 valence electrons. The van der Waals surface area contributed by atoms with E-state index >= 15 is 0 Å². The van der Waals surface area contributed by atoms with Gasteiger partial charge in [-0.2, -0.15) is 0 Å². The summed E-state index contributed by atoms with van der Waals surface area (Å²) in [6.45, 7) is 5.62. The molecule has 1 heterocycles. The molecular weight excluding hydrogens is 333 g/mol. The quantitative estimate of drug-likeness (QED) is 0.489. The fraction of sp³-hybridized carbons (Fsp3) is 0.650. The smallest absolute Gasteiger partial charge is 0.191 e. The molecule has 0 amide bonds. The van der Waals surface area contributed by atoms with Crippen molar-refractivity contribution in [1.82, 2.24) is 10.6 Å². The van der Waals surface area contributed by atoms with E-state index in [0.29, 0.717) is 26.1 Å². The van der Waals surface area contributed by atoms with Crippen LogP contribution >= 0.6 is 0 Å². The zero-order valence-electron chi connectivity index (χ0n) is 15.6. The SMILES string of the molecule is CCNC(=NCC1(CCO)CCOC1)NCC1(c2ccccc2F)CC1. The van der Waals surface area contributed by atoms with Crippen molar-refractivity contribution < 1.29 is 14.2 Å². The normalized spacial score (nSPS) is 24.5. The van der Waals surface area contributed by atoms with Crippen LogP contribution in [0.1, 0.15) is 38.2 Å². The lowest BCUT2D eigenvalue weighted by Crippen LogP contribution is -2.42. The number of aliphatic hydroxyl groups excluding tert-OH is 1. The summed E-state index contributed by atoms with van der Waals surface area (Å²) in [5.41, 5.74) is 0.602. The lowest BCUT2D eigenvalue weighted by molar-refractivity contribution is 0.131. The lowest BCUT2D eigenvalue weighted by atomic mass is 9.84. The molecule has 0 spiro atoms. The summed E-state index contributed by atoms with van der Waals surface area (Å²) in [5.74, 6) is 0.623. The monoisotopic (exact) mass is 363 g/mol. The van der Waals surface area contributed by atoms with Gasteiger partial charge in [0, 0.05) is 37.1 Å². The summed E-state index contributed by atoms with van der Waals surface area (Å²) in [6.07, 6.45) is 3.61.